The third kappa shape index (κ3) is 2.73. The molecule has 0 saturated carbocycles. The van der Waals surface area contributed by atoms with Gasteiger partial charge in [0.2, 0.25) is 0 Å². The van der Waals surface area contributed by atoms with Crippen molar-refractivity contribution in [3.8, 4) is 10.6 Å². The van der Waals surface area contributed by atoms with E-state index in [0.29, 0.717) is 17.0 Å². The number of aromatic nitrogens is 4. The summed E-state index contributed by atoms with van der Waals surface area (Å²) in [6.07, 6.45) is 0. The van der Waals surface area contributed by atoms with E-state index < -0.39 is 0 Å². The maximum absolute atomic E-state index is 12.0. The van der Waals surface area contributed by atoms with Gasteiger partial charge in [-0.2, -0.15) is 21.0 Å². The largest absolute Gasteiger partial charge is 0.345 e. The molecule has 1 amide bonds. The first kappa shape index (κ1) is 14.0. The zero-order valence-corrected chi connectivity index (χ0v) is 13.5. The van der Waals surface area contributed by atoms with Gasteiger partial charge in [-0.05, 0) is 35.0 Å². The van der Waals surface area contributed by atoms with Crippen LogP contribution in [0.15, 0.2) is 46.5 Å². The number of fused-ring (bicyclic) bond motifs is 1. The summed E-state index contributed by atoms with van der Waals surface area (Å²) in [5.74, 6) is 0.472. The van der Waals surface area contributed by atoms with Crippen molar-refractivity contribution in [1.82, 2.24) is 25.1 Å². The molecule has 114 valence electrons. The summed E-state index contributed by atoms with van der Waals surface area (Å²) in [5.41, 5.74) is 2.17. The normalized spacial score (nSPS) is 11.0. The molecule has 0 spiro atoms. The second kappa shape index (κ2) is 5.90. The third-order valence-electron chi connectivity index (χ3n) is 3.29. The summed E-state index contributed by atoms with van der Waals surface area (Å²) in [5, 5.41) is 21.3. The highest BCUT2D eigenvalue weighted by Crippen LogP contribution is 2.22. The van der Waals surface area contributed by atoms with E-state index in [9.17, 15) is 4.79 Å². The van der Waals surface area contributed by atoms with Crippen molar-refractivity contribution >= 4 is 34.2 Å². The Morgan fingerprint density at radius 2 is 2.13 bits per heavy atom. The van der Waals surface area contributed by atoms with Crippen LogP contribution in [-0.4, -0.2) is 25.7 Å². The lowest BCUT2D eigenvalue weighted by Gasteiger charge is -2.03. The fourth-order valence-corrected chi connectivity index (χ4v) is 3.48. The first-order chi connectivity index (χ1) is 11.3. The Kier molecular flexibility index (Phi) is 3.60. The van der Waals surface area contributed by atoms with Crippen LogP contribution in [0.4, 0.5) is 0 Å². The number of hydrogen-bond donors (Lipinski definition) is 1. The van der Waals surface area contributed by atoms with Gasteiger partial charge in [0.05, 0.1) is 11.4 Å². The highest BCUT2D eigenvalue weighted by Gasteiger charge is 2.11. The van der Waals surface area contributed by atoms with Crippen LogP contribution in [0, 0.1) is 0 Å². The highest BCUT2D eigenvalue weighted by atomic mass is 32.1. The summed E-state index contributed by atoms with van der Waals surface area (Å²) >= 11 is 3.11. The summed E-state index contributed by atoms with van der Waals surface area (Å²) < 4.78 is 1.67. The maximum Gasteiger partial charge on any atom is 0.252 e. The summed E-state index contributed by atoms with van der Waals surface area (Å²) in [4.78, 5) is 13.1. The highest BCUT2D eigenvalue weighted by molar-refractivity contribution is 7.13. The molecule has 0 fully saturated rings. The van der Waals surface area contributed by atoms with Crippen molar-refractivity contribution in [2.75, 3.05) is 0 Å². The second-order valence-corrected chi connectivity index (χ2v) is 6.50. The molecule has 4 rings (SSSR count). The third-order valence-corrected chi connectivity index (χ3v) is 4.87. The van der Waals surface area contributed by atoms with Crippen molar-refractivity contribution < 1.29 is 4.79 Å². The van der Waals surface area contributed by atoms with E-state index in [2.05, 4.69) is 20.6 Å². The molecular formula is C15H11N5OS2. The van der Waals surface area contributed by atoms with Crippen LogP contribution >= 0.6 is 22.7 Å². The minimum atomic E-state index is -0.127. The van der Waals surface area contributed by atoms with Crippen molar-refractivity contribution in [2.45, 2.75) is 6.54 Å². The van der Waals surface area contributed by atoms with Crippen LogP contribution in [-0.2, 0) is 6.54 Å². The van der Waals surface area contributed by atoms with E-state index in [4.69, 9.17) is 0 Å². The zero-order valence-electron chi connectivity index (χ0n) is 11.8. The smallest absolute Gasteiger partial charge is 0.252 e. The molecule has 0 radical (unpaired) electrons. The molecule has 6 nitrogen and oxygen atoms in total. The summed E-state index contributed by atoms with van der Waals surface area (Å²) in [7, 11) is 0. The molecule has 0 atom stereocenters. The number of nitrogens with one attached hydrogen (secondary N) is 1. The minimum absolute atomic E-state index is 0.127. The van der Waals surface area contributed by atoms with E-state index in [0.717, 1.165) is 10.6 Å². The predicted molar refractivity (Wildman–Crippen MR) is 89.6 cm³/mol. The van der Waals surface area contributed by atoms with Crippen molar-refractivity contribution in [1.29, 1.82) is 0 Å². The Bertz CT molecular complexity index is 944. The Morgan fingerprint density at radius 1 is 1.17 bits per heavy atom. The second-order valence-electron chi connectivity index (χ2n) is 4.78. The lowest BCUT2D eigenvalue weighted by molar-refractivity contribution is 0.0950. The molecule has 23 heavy (non-hydrogen) atoms. The van der Waals surface area contributed by atoms with Crippen molar-refractivity contribution in [2.24, 2.45) is 0 Å². The quantitative estimate of drug-likeness (QED) is 0.619. The van der Waals surface area contributed by atoms with Crippen LogP contribution in [0.2, 0.25) is 0 Å². The Balaban J connectivity index is 1.60. The summed E-state index contributed by atoms with van der Waals surface area (Å²) in [6, 6.07) is 9.58. The first-order valence-electron chi connectivity index (χ1n) is 6.87. The molecule has 0 aromatic carbocycles. The number of carbonyl (C=O) groups is 1. The SMILES string of the molecule is O=C(NCc1nnc2ccc(-c3cccs3)nn12)c1ccsc1. The number of carbonyl (C=O) groups excluding carboxylic acids is 1. The fourth-order valence-electron chi connectivity index (χ4n) is 2.15. The van der Waals surface area contributed by atoms with Crippen LogP contribution in [0.25, 0.3) is 16.2 Å². The predicted octanol–water partition coefficient (Wildman–Crippen LogP) is 2.84. The van der Waals surface area contributed by atoms with Gasteiger partial charge in [0.15, 0.2) is 11.5 Å². The molecule has 8 heteroatoms. The van der Waals surface area contributed by atoms with E-state index in [1.54, 1.807) is 21.9 Å². The Hall–Kier alpha value is -2.58. The lowest BCUT2D eigenvalue weighted by Crippen LogP contribution is -2.23. The number of nitrogens with zero attached hydrogens (tertiary/aromatic N) is 4. The van der Waals surface area contributed by atoms with Crippen LogP contribution in [0.1, 0.15) is 16.2 Å². The number of thiophene rings is 2. The Labute approximate surface area is 139 Å². The van der Waals surface area contributed by atoms with E-state index in [1.165, 1.54) is 11.3 Å². The van der Waals surface area contributed by atoms with Gasteiger partial charge >= 0.3 is 0 Å². The molecule has 0 aliphatic rings. The van der Waals surface area contributed by atoms with Gasteiger partial charge in [-0.1, -0.05) is 6.07 Å². The van der Waals surface area contributed by atoms with Crippen molar-refractivity contribution in [3.63, 3.8) is 0 Å². The monoisotopic (exact) mass is 341 g/mol. The fraction of sp³-hybridized carbons (Fsp3) is 0.0667. The summed E-state index contributed by atoms with van der Waals surface area (Å²) in [6.45, 7) is 0.275. The van der Waals surface area contributed by atoms with E-state index >= 15 is 0 Å². The molecule has 4 aromatic rings. The molecule has 4 aromatic heterocycles. The van der Waals surface area contributed by atoms with E-state index in [-0.39, 0.29) is 12.5 Å². The van der Waals surface area contributed by atoms with Crippen molar-refractivity contribution in [3.05, 3.63) is 57.9 Å². The molecular weight excluding hydrogens is 330 g/mol. The van der Waals surface area contributed by atoms with Gasteiger partial charge in [-0.25, -0.2) is 0 Å². The molecule has 4 heterocycles. The molecule has 0 bridgehead atoms. The molecule has 1 N–H and O–H groups in total. The number of amides is 1. The molecule has 0 saturated heterocycles. The topological polar surface area (TPSA) is 72.2 Å². The molecule has 0 unspecified atom stereocenters. The molecule has 0 aliphatic heterocycles. The maximum atomic E-state index is 12.0. The molecule has 0 aliphatic carbocycles. The van der Waals surface area contributed by atoms with Crippen LogP contribution in [0.3, 0.4) is 0 Å². The van der Waals surface area contributed by atoms with Gasteiger partial charge in [-0.3, -0.25) is 4.79 Å². The Morgan fingerprint density at radius 3 is 2.91 bits per heavy atom. The van der Waals surface area contributed by atoms with Crippen LogP contribution < -0.4 is 5.32 Å². The van der Waals surface area contributed by atoms with Gasteiger partial charge in [-0.15, -0.1) is 21.5 Å². The zero-order chi connectivity index (χ0) is 15.6. The van der Waals surface area contributed by atoms with Gasteiger partial charge in [0.25, 0.3) is 5.91 Å². The first-order valence-corrected chi connectivity index (χ1v) is 8.69. The van der Waals surface area contributed by atoms with E-state index in [1.807, 2.05) is 40.4 Å². The average molecular weight is 341 g/mol. The minimum Gasteiger partial charge on any atom is -0.345 e. The van der Waals surface area contributed by atoms with Gasteiger partial charge < -0.3 is 5.32 Å². The number of hydrogen-bond acceptors (Lipinski definition) is 6. The lowest BCUT2D eigenvalue weighted by atomic mass is 10.3. The van der Waals surface area contributed by atoms with Gasteiger partial charge in [0, 0.05) is 10.9 Å². The van der Waals surface area contributed by atoms with Crippen LogP contribution in [0.5, 0.6) is 0 Å². The van der Waals surface area contributed by atoms with Gasteiger partial charge in [0.1, 0.15) is 5.69 Å². The number of rotatable bonds is 4. The average Bonchev–Trinajstić information content (AvgIpc) is 3.33. The standard InChI is InChI=1S/C15H11N5OS2/c21-15(10-5-7-22-9-10)16-8-14-18-17-13-4-3-11(19-20(13)14)12-2-1-6-23-12/h1-7,9H,8H2,(H,16,21).